The van der Waals surface area contributed by atoms with E-state index >= 15 is 0 Å². The Morgan fingerprint density at radius 2 is 2.15 bits per heavy atom. The third-order valence-corrected chi connectivity index (χ3v) is 3.09. The molecule has 2 unspecified atom stereocenters. The van der Waals surface area contributed by atoms with Crippen LogP contribution in [0, 0.1) is 6.92 Å². The van der Waals surface area contributed by atoms with Crippen LogP contribution < -0.4 is 10.1 Å². The SMILES string of the molecule is COc1ccc(C(O)C(CC(=O)O)NCCO)c(C)c1. The van der Waals surface area contributed by atoms with Crippen molar-refractivity contribution in [1.29, 1.82) is 0 Å². The van der Waals surface area contributed by atoms with Crippen molar-refractivity contribution >= 4 is 5.97 Å². The van der Waals surface area contributed by atoms with Crippen molar-refractivity contribution in [3.63, 3.8) is 0 Å². The van der Waals surface area contributed by atoms with Crippen LogP contribution >= 0.6 is 0 Å². The largest absolute Gasteiger partial charge is 0.497 e. The summed E-state index contributed by atoms with van der Waals surface area (Å²) >= 11 is 0. The molecule has 0 aliphatic heterocycles. The quantitative estimate of drug-likeness (QED) is 0.553. The van der Waals surface area contributed by atoms with E-state index in [-0.39, 0.29) is 19.6 Å². The van der Waals surface area contributed by atoms with Gasteiger partial charge in [-0.2, -0.15) is 0 Å². The molecule has 20 heavy (non-hydrogen) atoms. The summed E-state index contributed by atoms with van der Waals surface area (Å²) in [6, 6.07) is 4.55. The van der Waals surface area contributed by atoms with Gasteiger partial charge >= 0.3 is 5.97 Å². The first-order chi connectivity index (χ1) is 9.49. The van der Waals surface area contributed by atoms with Gasteiger partial charge in [0, 0.05) is 12.6 Å². The fourth-order valence-corrected chi connectivity index (χ4v) is 2.06. The summed E-state index contributed by atoms with van der Waals surface area (Å²) in [4.78, 5) is 10.9. The molecular formula is C14H21NO5. The van der Waals surface area contributed by atoms with Crippen LogP contribution in [-0.4, -0.2) is 47.6 Å². The Morgan fingerprint density at radius 1 is 1.45 bits per heavy atom. The van der Waals surface area contributed by atoms with Crippen LogP contribution in [0.4, 0.5) is 0 Å². The normalized spacial score (nSPS) is 13.8. The summed E-state index contributed by atoms with van der Waals surface area (Å²) in [7, 11) is 1.56. The van der Waals surface area contributed by atoms with Gasteiger partial charge in [-0.05, 0) is 30.2 Å². The molecule has 112 valence electrons. The van der Waals surface area contributed by atoms with Crippen molar-refractivity contribution in [2.75, 3.05) is 20.3 Å². The number of carboxylic acid groups (broad SMARTS) is 1. The Balaban J connectivity index is 2.92. The highest BCUT2D eigenvalue weighted by atomic mass is 16.5. The smallest absolute Gasteiger partial charge is 0.305 e. The number of methoxy groups -OCH3 is 1. The molecule has 0 aliphatic carbocycles. The summed E-state index contributed by atoms with van der Waals surface area (Å²) < 4.78 is 5.10. The molecule has 6 nitrogen and oxygen atoms in total. The fourth-order valence-electron chi connectivity index (χ4n) is 2.06. The molecule has 2 atom stereocenters. The minimum Gasteiger partial charge on any atom is -0.497 e. The summed E-state index contributed by atoms with van der Waals surface area (Å²) in [6.45, 7) is 1.93. The first-order valence-corrected chi connectivity index (χ1v) is 6.38. The summed E-state index contributed by atoms with van der Waals surface area (Å²) in [5.41, 5.74) is 1.46. The molecular weight excluding hydrogens is 262 g/mol. The van der Waals surface area contributed by atoms with Gasteiger partial charge in [-0.15, -0.1) is 0 Å². The molecule has 0 fully saturated rings. The second-order valence-electron chi connectivity index (χ2n) is 4.55. The number of benzene rings is 1. The molecule has 0 bridgehead atoms. The number of aliphatic hydroxyl groups is 2. The second kappa shape index (κ2) is 7.84. The van der Waals surface area contributed by atoms with Crippen LogP contribution in [0.15, 0.2) is 18.2 Å². The van der Waals surface area contributed by atoms with Gasteiger partial charge in [-0.1, -0.05) is 6.07 Å². The van der Waals surface area contributed by atoms with E-state index in [1.165, 1.54) is 0 Å². The lowest BCUT2D eigenvalue weighted by atomic mass is 9.95. The Kier molecular flexibility index (Phi) is 6.44. The highest BCUT2D eigenvalue weighted by molar-refractivity contribution is 5.67. The zero-order chi connectivity index (χ0) is 15.1. The molecule has 0 saturated carbocycles. The maximum Gasteiger partial charge on any atom is 0.305 e. The molecule has 0 spiro atoms. The summed E-state index contributed by atoms with van der Waals surface area (Å²) in [6.07, 6.45) is -1.20. The van der Waals surface area contributed by atoms with Crippen molar-refractivity contribution in [3.05, 3.63) is 29.3 Å². The maximum absolute atomic E-state index is 10.9. The zero-order valence-corrected chi connectivity index (χ0v) is 11.7. The fraction of sp³-hybridized carbons (Fsp3) is 0.500. The summed E-state index contributed by atoms with van der Waals surface area (Å²) in [5, 5.41) is 30.9. The van der Waals surface area contributed by atoms with E-state index in [1.54, 1.807) is 25.3 Å². The first-order valence-electron chi connectivity index (χ1n) is 6.38. The van der Waals surface area contributed by atoms with Crippen LogP contribution in [-0.2, 0) is 4.79 Å². The lowest BCUT2D eigenvalue weighted by Gasteiger charge is -2.24. The van der Waals surface area contributed by atoms with E-state index in [9.17, 15) is 9.90 Å². The van der Waals surface area contributed by atoms with Gasteiger partial charge in [0.1, 0.15) is 5.75 Å². The molecule has 6 heteroatoms. The Labute approximate surface area is 118 Å². The van der Waals surface area contributed by atoms with E-state index in [2.05, 4.69) is 5.32 Å². The highest BCUT2D eigenvalue weighted by Gasteiger charge is 2.24. The van der Waals surface area contributed by atoms with Gasteiger partial charge in [0.05, 0.1) is 26.2 Å². The van der Waals surface area contributed by atoms with Crippen LogP contribution in [0.5, 0.6) is 5.75 Å². The minimum atomic E-state index is -1.01. The van der Waals surface area contributed by atoms with E-state index in [4.69, 9.17) is 14.9 Å². The van der Waals surface area contributed by atoms with E-state index in [0.29, 0.717) is 11.3 Å². The maximum atomic E-state index is 10.9. The van der Waals surface area contributed by atoms with Crippen molar-refractivity contribution in [2.24, 2.45) is 0 Å². The minimum absolute atomic E-state index is 0.121. The standard InChI is InChI=1S/C14H21NO5/c1-9-7-10(20-2)3-4-11(9)14(19)12(8-13(17)18)15-5-6-16/h3-4,7,12,14-16,19H,5-6,8H2,1-2H3,(H,17,18). The predicted octanol–water partition coefficient (Wildman–Crippen LogP) is 0.462. The second-order valence-corrected chi connectivity index (χ2v) is 4.55. The summed E-state index contributed by atoms with van der Waals surface area (Å²) in [5.74, 6) is -0.331. The lowest BCUT2D eigenvalue weighted by molar-refractivity contribution is -0.138. The Bertz CT molecular complexity index is 449. The predicted molar refractivity (Wildman–Crippen MR) is 73.8 cm³/mol. The number of aryl methyl sites for hydroxylation is 1. The Morgan fingerprint density at radius 3 is 2.65 bits per heavy atom. The molecule has 1 aromatic rings. The lowest BCUT2D eigenvalue weighted by Crippen LogP contribution is -2.38. The number of aliphatic hydroxyl groups excluding tert-OH is 2. The van der Waals surface area contributed by atoms with Gasteiger partial charge in [-0.25, -0.2) is 0 Å². The van der Waals surface area contributed by atoms with Crippen molar-refractivity contribution in [3.8, 4) is 5.75 Å². The number of nitrogens with one attached hydrogen (secondary N) is 1. The first kappa shape index (κ1) is 16.4. The number of aliphatic carboxylic acids is 1. The van der Waals surface area contributed by atoms with E-state index < -0.39 is 18.1 Å². The van der Waals surface area contributed by atoms with Crippen molar-refractivity contribution < 1.29 is 24.9 Å². The highest BCUT2D eigenvalue weighted by Crippen LogP contribution is 2.25. The average Bonchev–Trinajstić information content (AvgIpc) is 2.42. The number of carbonyl (C=O) groups is 1. The third kappa shape index (κ3) is 4.48. The number of carboxylic acids is 1. The van der Waals surface area contributed by atoms with E-state index in [0.717, 1.165) is 5.56 Å². The molecule has 0 aromatic heterocycles. The number of hydrogen-bond donors (Lipinski definition) is 4. The molecule has 0 radical (unpaired) electrons. The number of rotatable bonds is 8. The third-order valence-electron chi connectivity index (χ3n) is 3.09. The molecule has 1 rings (SSSR count). The van der Waals surface area contributed by atoms with Gasteiger partial charge < -0.3 is 25.4 Å². The molecule has 0 heterocycles. The average molecular weight is 283 g/mol. The molecule has 0 aliphatic rings. The molecule has 0 amide bonds. The van der Waals surface area contributed by atoms with Gasteiger partial charge in [0.2, 0.25) is 0 Å². The van der Waals surface area contributed by atoms with Crippen molar-refractivity contribution in [1.82, 2.24) is 5.32 Å². The van der Waals surface area contributed by atoms with E-state index in [1.807, 2.05) is 6.92 Å². The molecule has 4 N–H and O–H groups in total. The zero-order valence-electron chi connectivity index (χ0n) is 11.7. The topological polar surface area (TPSA) is 99.0 Å². The van der Waals surface area contributed by atoms with Crippen molar-refractivity contribution in [2.45, 2.75) is 25.5 Å². The number of hydrogen-bond acceptors (Lipinski definition) is 5. The van der Waals surface area contributed by atoms with Crippen LogP contribution in [0.2, 0.25) is 0 Å². The number of ether oxygens (including phenoxy) is 1. The molecule has 0 saturated heterocycles. The monoisotopic (exact) mass is 283 g/mol. The molecule has 1 aromatic carbocycles. The van der Waals surface area contributed by atoms with Crippen LogP contribution in [0.1, 0.15) is 23.7 Å². The van der Waals surface area contributed by atoms with Crippen LogP contribution in [0.25, 0.3) is 0 Å². The Hall–Kier alpha value is -1.63. The van der Waals surface area contributed by atoms with Gasteiger partial charge in [0.25, 0.3) is 0 Å². The van der Waals surface area contributed by atoms with Gasteiger partial charge in [-0.3, -0.25) is 4.79 Å². The van der Waals surface area contributed by atoms with Gasteiger partial charge in [0.15, 0.2) is 0 Å². The van der Waals surface area contributed by atoms with Crippen LogP contribution in [0.3, 0.4) is 0 Å².